The molecule has 0 unspecified atom stereocenters. The molecule has 2 heterocycles. The van der Waals surface area contributed by atoms with Crippen LogP contribution < -0.4 is 5.32 Å². The Labute approximate surface area is 148 Å². The van der Waals surface area contributed by atoms with Crippen LogP contribution in [0.2, 0.25) is 5.02 Å². The van der Waals surface area contributed by atoms with E-state index < -0.39 is 0 Å². The van der Waals surface area contributed by atoms with Crippen LogP contribution >= 0.6 is 51.1 Å². The van der Waals surface area contributed by atoms with Crippen LogP contribution in [-0.4, -0.2) is 11.1 Å². The van der Waals surface area contributed by atoms with E-state index in [2.05, 4.69) is 21.2 Å². The number of rotatable bonds is 3. The third-order valence-electron chi connectivity index (χ3n) is 2.63. The van der Waals surface area contributed by atoms with E-state index in [-0.39, 0.29) is 11.1 Å². The standard InChI is InChI=1S/C14H8BrClN2O2S2/c15-10-5-8(6-11-12(19)18-14(17)22-11)20-13(10)21-9-3-1-7(16)2-4-9/h1-6H,(H2,17,18,19)/b11-6+. The van der Waals surface area contributed by atoms with Crippen molar-refractivity contribution in [1.29, 1.82) is 5.41 Å². The lowest BCUT2D eigenvalue weighted by Gasteiger charge is -1.98. The summed E-state index contributed by atoms with van der Waals surface area (Å²) in [5.41, 5.74) is 0. The lowest BCUT2D eigenvalue weighted by atomic mass is 10.4. The van der Waals surface area contributed by atoms with Crippen molar-refractivity contribution in [2.24, 2.45) is 0 Å². The summed E-state index contributed by atoms with van der Waals surface area (Å²) in [6, 6.07) is 9.23. The van der Waals surface area contributed by atoms with Gasteiger partial charge in [0.15, 0.2) is 10.3 Å². The Hall–Kier alpha value is -1.15. The molecule has 0 radical (unpaired) electrons. The number of hydrogen-bond acceptors (Lipinski definition) is 5. The van der Waals surface area contributed by atoms with Crippen molar-refractivity contribution in [3.8, 4) is 0 Å². The molecule has 112 valence electrons. The van der Waals surface area contributed by atoms with Gasteiger partial charge in [0.1, 0.15) is 5.76 Å². The number of hydrogen-bond donors (Lipinski definition) is 2. The molecule has 0 spiro atoms. The first-order chi connectivity index (χ1) is 10.5. The van der Waals surface area contributed by atoms with Crippen molar-refractivity contribution in [3.63, 3.8) is 0 Å². The number of carbonyl (C=O) groups is 1. The van der Waals surface area contributed by atoms with Crippen molar-refractivity contribution < 1.29 is 9.21 Å². The molecule has 2 aromatic rings. The topological polar surface area (TPSA) is 66.1 Å². The fraction of sp³-hybridized carbons (Fsp3) is 0. The minimum absolute atomic E-state index is 0.123. The lowest BCUT2D eigenvalue weighted by Crippen LogP contribution is -2.18. The number of benzene rings is 1. The maximum Gasteiger partial charge on any atom is 0.264 e. The molecule has 3 rings (SSSR count). The van der Waals surface area contributed by atoms with Crippen molar-refractivity contribution in [3.05, 3.63) is 50.5 Å². The third-order valence-corrected chi connectivity index (χ3v) is 5.56. The summed E-state index contributed by atoms with van der Waals surface area (Å²) in [4.78, 5) is 13.0. The van der Waals surface area contributed by atoms with Gasteiger partial charge < -0.3 is 9.73 Å². The zero-order valence-corrected chi connectivity index (χ0v) is 14.8. The van der Waals surface area contributed by atoms with E-state index in [1.165, 1.54) is 11.8 Å². The molecule has 8 heteroatoms. The second-order valence-electron chi connectivity index (χ2n) is 4.23. The van der Waals surface area contributed by atoms with Crippen molar-refractivity contribution in [1.82, 2.24) is 5.32 Å². The summed E-state index contributed by atoms with van der Waals surface area (Å²) < 4.78 is 6.54. The molecular formula is C14H8BrClN2O2S2. The van der Waals surface area contributed by atoms with Crippen LogP contribution in [0, 0.1) is 5.41 Å². The number of nitrogens with one attached hydrogen (secondary N) is 2. The van der Waals surface area contributed by atoms with Crippen LogP contribution in [0.3, 0.4) is 0 Å². The van der Waals surface area contributed by atoms with Crippen LogP contribution in [0.5, 0.6) is 0 Å². The Morgan fingerprint density at radius 1 is 1.36 bits per heavy atom. The quantitative estimate of drug-likeness (QED) is 0.693. The van der Waals surface area contributed by atoms with Crippen molar-refractivity contribution in [2.45, 2.75) is 9.99 Å². The zero-order valence-electron chi connectivity index (χ0n) is 10.9. The van der Waals surface area contributed by atoms with Gasteiger partial charge in [0.25, 0.3) is 5.91 Å². The van der Waals surface area contributed by atoms with E-state index >= 15 is 0 Å². The number of amidine groups is 1. The van der Waals surface area contributed by atoms with E-state index in [4.69, 9.17) is 21.4 Å². The number of halogens is 2. The van der Waals surface area contributed by atoms with E-state index in [0.29, 0.717) is 20.8 Å². The number of furan rings is 1. The minimum Gasteiger partial charge on any atom is -0.449 e. The van der Waals surface area contributed by atoms with E-state index in [9.17, 15) is 4.79 Å². The normalized spacial score (nSPS) is 16.4. The Morgan fingerprint density at radius 2 is 2.09 bits per heavy atom. The highest BCUT2D eigenvalue weighted by Crippen LogP contribution is 2.37. The largest absolute Gasteiger partial charge is 0.449 e. The molecule has 0 atom stereocenters. The Bertz CT molecular complexity index is 787. The molecule has 1 aromatic carbocycles. The Kier molecular flexibility index (Phi) is 4.67. The molecule has 4 nitrogen and oxygen atoms in total. The summed E-state index contributed by atoms with van der Waals surface area (Å²) in [6.45, 7) is 0. The first-order valence-electron chi connectivity index (χ1n) is 6.03. The van der Waals surface area contributed by atoms with Gasteiger partial charge in [0, 0.05) is 16.0 Å². The van der Waals surface area contributed by atoms with Gasteiger partial charge in [-0.2, -0.15) is 0 Å². The average Bonchev–Trinajstić information content (AvgIpc) is 2.96. The summed E-state index contributed by atoms with van der Waals surface area (Å²) in [5, 5.41) is 11.3. The van der Waals surface area contributed by atoms with E-state index in [0.717, 1.165) is 21.1 Å². The molecule has 1 aliphatic heterocycles. The predicted octanol–water partition coefficient (Wildman–Crippen LogP) is 4.99. The Balaban J connectivity index is 1.82. The van der Waals surface area contributed by atoms with Crippen LogP contribution in [0.25, 0.3) is 6.08 Å². The molecule has 1 fully saturated rings. The number of amides is 1. The lowest BCUT2D eigenvalue weighted by molar-refractivity contribution is -0.115. The van der Waals surface area contributed by atoms with Gasteiger partial charge >= 0.3 is 0 Å². The smallest absolute Gasteiger partial charge is 0.264 e. The summed E-state index contributed by atoms with van der Waals surface area (Å²) >= 11 is 11.8. The third kappa shape index (κ3) is 3.60. The summed E-state index contributed by atoms with van der Waals surface area (Å²) in [5.74, 6) is 0.269. The van der Waals surface area contributed by atoms with E-state index in [1.807, 2.05) is 24.3 Å². The highest BCUT2D eigenvalue weighted by atomic mass is 79.9. The number of carbonyl (C=O) groups excluding carboxylic acids is 1. The fourth-order valence-corrected chi connectivity index (χ4v) is 3.83. The molecule has 0 saturated carbocycles. The van der Waals surface area contributed by atoms with Gasteiger partial charge in [-0.1, -0.05) is 23.4 Å². The maximum atomic E-state index is 11.6. The highest BCUT2D eigenvalue weighted by Gasteiger charge is 2.23. The monoisotopic (exact) mass is 414 g/mol. The zero-order chi connectivity index (χ0) is 15.7. The SMILES string of the molecule is N=C1NC(=O)/C(=C\c2cc(Br)c(Sc3ccc(Cl)cc3)o2)S1. The molecule has 1 saturated heterocycles. The molecule has 0 aliphatic carbocycles. The van der Waals surface area contributed by atoms with Crippen molar-refractivity contribution in [2.75, 3.05) is 0 Å². The van der Waals surface area contributed by atoms with Gasteiger partial charge in [-0.3, -0.25) is 10.2 Å². The first kappa shape index (κ1) is 15.7. The minimum atomic E-state index is -0.283. The molecule has 1 aliphatic rings. The van der Waals surface area contributed by atoms with Gasteiger partial charge in [-0.25, -0.2) is 0 Å². The van der Waals surface area contributed by atoms with E-state index in [1.54, 1.807) is 12.1 Å². The van der Waals surface area contributed by atoms with Crippen molar-refractivity contribution >= 4 is 68.2 Å². The molecule has 22 heavy (non-hydrogen) atoms. The summed E-state index contributed by atoms with van der Waals surface area (Å²) in [6.07, 6.45) is 1.62. The molecular weight excluding hydrogens is 408 g/mol. The fourth-order valence-electron chi connectivity index (χ4n) is 1.69. The van der Waals surface area contributed by atoms with Gasteiger partial charge in [-0.15, -0.1) is 0 Å². The average molecular weight is 416 g/mol. The van der Waals surface area contributed by atoms with Gasteiger partial charge in [0.05, 0.1) is 9.38 Å². The van der Waals surface area contributed by atoms with Crippen LogP contribution in [-0.2, 0) is 4.79 Å². The molecule has 2 N–H and O–H groups in total. The molecule has 1 aromatic heterocycles. The first-order valence-corrected chi connectivity index (χ1v) is 8.84. The second-order valence-corrected chi connectivity index (χ2v) is 7.62. The Morgan fingerprint density at radius 3 is 2.73 bits per heavy atom. The summed E-state index contributed by atoms with van der Waals surface area (Å²) in [7, 11) is 0. The number of thioether (sulfide) groups is 1. The highest BCUT2D eigenvalue weighted by molar-refractivity contribution is 9.10. The second kappa shape index (κ2) is 6.54. The molecule has 0 bridgehead atoms. The van der Waals surface area contributed by atoms with Crippen LogP contribution in [0.15, 0.2) is 54.1 Å². The maximum absolute atomic E-state index is 11.6. The van der Waals surface area contributed by atoms with Gasteiger partial charge in [-0.05, 0) is 58.0 Å². The van der Waals surface area contributed by atoms with Crippen LogP contribution in [0.1, 0.15) is 5.76 Å². The predicted molar refractivity (Wildman–Crippen MR) is 93.4 cm³/mol. The molecule has 1 amide bonds. The van der Waals surface area contributed by atoms with Crippen LogP contribution in [0.4, 0.5) is 0 Å². The van der Waals surface area contributed by atoms with Gasteiger partial charge in [0.2, 0.25) is 0 Å².